The number of likely N-dealkylation sites (tertiary alicyclic amines) is 1. The minimum Gasteiger partial charge on any atom is -0.480 e. The van der Waals surface area contributed by atoms with Crippen LogP contribution >= 0.6 is 11.3 Å². The summed E-state index contributed by atoms with van der Waals surface area (Å²) in [6.07, 6.45) is 0.706. The third-order valence-electron chi connectivity index (χ3n) is 2.89. The third kappa shape index (κ3) is 2.61. The molecule has 0 bridgehead atoms. The van der Waals surface area contributed by atoms with Gasteiger partial charge in [0.05, 0.1) is 6.10 Å². The van der Waals surface area contributed by atoms with Crippen molar-refractivity contribution in [3.63, 3.8) is 0 Å². The summed E-state index contributed by atoms with van der Waals surface area (Å²) in [5.74, 6) is -0.831. The van der Waals surface area contributed by atoms with Crippen LogP contribution in [0.5, 0.6) is 0 Å². The predicted octanol–water partition coefficient (Wildman–Crippen LogP) is 0.810. The number of nitrogens with zero attached hydrogens (tertiary/aromatic N) is 1. The molecule has 2 unspecified atom stereocenters. The van der Waals surface area contributed by atoms with Crippen molar-refractivity contribution in [3.05, 3.63) is 22.4 Å². The van der Waals surface area contributed by atoms with E-state index in [0.29, 0.717) is 19.5 Å². The minimum atomic E-state index is -0.831. The van der Waals surface area contributed by atoms with Gasteiger partial charge in [0.25, 0.3) is 0 Å². The molecule has 16 heavy (non-hydrogen) atoms. The van der Waals surface area contributed by atoms with E-state index in [4.69, 9.17) is 5.11 Å². The van der Waals surface area contributed by atoms with E-state index in [1.807, 2.05) is 22.4 Å². The summed E-state index contributed by atoms with van der Waals surface area (Å²) in [5.41, 5.74) is 0. The first-order valence-corrected chi connectivity index (χ1v) is 6.22. The molecule has 0 spiro atoms. The molecule has 2 N–H and O–H groups in total. The molecule has 2 rings (SSSR count). The first-order valence-electron chi connectivity index (χ1n) is 5.34. The van der Waals surface area contributed by atoms with Crippen LogP contribution in [0.4, 0.5) is 0 Å². The summed E-state index contributed by atoms with van der Waals surface area (Å²) < 4.78 is 0. The van der Waals surface area contributed by atoms with Crippen molar-refractivity contribution in [2.75, 3.05) is 13.1 Å². The molecule has 5 heteroatoms. The summed E-state index contributed by atoms with van der Waals surface area (Å²) >= 11 is 1.68. The second-order valence-electron chi connectivity index (χ2n) is 4.07. The van der Waals surface area contributed by atoms with Gasteiger partial charge in [-0.2, -0.15) is 0 Å². The normalized spacial score (nSPS) is 26.1. The van der Waals surface area contributed by atoms with Crippen LogP contribution in [-0.2, 0) is 11.2 Å². The molecule has 0 aliphatic carbocycles. The predicted molar refractivity (Wildman–Crippen MR) is 61.6 cm³/mol. The van der Waals surface area contributed by atoms with E-state index >= 15 is 0 Å². The lowest BCUT2D eigenvalue weighted by Gasteiger charge is -2.19. The number of aliphatic carboxylic acids is 1. The van der Waals surface area contributed by atoms with Gasteiger partial charge < -0.3 is 10.2 Å². The number of rotatable bonds is 4. The quantitative estimate of drug-likeness (QED) is 0.819. The zero-order valence-corrected chi connectivity index (χ0v) is 9.69. The fourth-order valence-corrected chi connectivity index (χ4v) is 2.79. The van der Waals surface area contributed by atoms with E-state index in [1.165, 1.54) is 4.88 Å². The maximum absolute atomic E-state index is 11.0. The zero-order valence-electron chi connectivity index (χ0n) is 8.87. The van der Waals surface area contributed by atoms with Crippen LogP contribution in [0.15, 0.2) is 17.5 Å². The molecule has 0 amide bonds. The van der Waals surface area contributed by atoms with Gasteiger partial charge in [-0.05, 0) is 17.9 Å². The highest BCUT2D eigenvalue weighted by Gasteiger charge is 2.35. The highest BCUT2D eigenvalue weighted by atomic mass is 32.1. The Morgan fingerprint density at radius 3 is 3.06 bits per heavy atom. The average Bonchev–Trinajstić information content (AvgIpc) is 2.83. The highest BCUT2D eigenvalue weighted by molar-refractivity contribution is 7.09. The van der Waals surface area contributed by atoms with E-state index in [-0.39, 0.29) is 0 Å². The van der Waals surface area contributed by atoms with Crippen molar-refractivity contribution in [2.45, 2.75) is 25.0 Å². The Hall–Kier alpha value is -0.910. The second-order valence-corrected chi connectivity index (χ2v) is 5.10. The van der Waals surface area contributed by atoms with Gasteiger partial charge in [-0.15, -0.1) is 11.3 Å². The number of aliphatic hydroxyl groups is 1. The van der Waals surface area contributed by atoms with Crippen molar-refractivity contribution < 1.29 is 15.0 Å². The number of carboxylic acids is 1. The van der Waals surface area contributed by atoms with E-state index in [1.54, 1.807) is 11.3 Å². The Bertz CT molecular complexity index is 352. The van der Waals surface area contributed by atoms with Crippen LogP contribution in [0.1, 0.15) is 11.3 Å². The van der Waals surface area contributed by atoms with Crippen LogP contribution in [0.3, 0.4) is 0 Å². The van der Waals surface area contributed by atoms with Gasteiger partial charge in [-0.25, -0.2) is 0 Å². The number of thiophene rings is 1. The largest absolute Gasteiger partial charge is 0.480 e. The smallest absolute Gasteiger partial charge is 0.321 e. The number of carbonyl (C=O) groups is 1. The van der Waals surface area contributed by atoms with E-state index in [9.17, 15) is 9.90 Å². The number of β-amino-alcohol motifs (C(OH)–C–C–N with tert-alkyl or cyclic N) is 1. The Morgan fingerprint density at radius 1 is 1.62 bits per heavy atom. The van der Waals surface area contributed by atoms with Crippen LogP contribution in [0.25, 0.3) is 0 Å². The molecule has 1 aromatic rings. The van der Waals surface area contributed by atoms with E-state index in [0.717, 1.165) is 6.42 Å². The minimum absolute atomic E-state index is 0.347. The summed E-state index contributed by atoms with van der Waals surface area (Å²) in [5, 5.41) is 20.5. The molecule has 2 atom stereocenters. The molecular weight excluding hydrogens is 226 g/mol. The molecule has 1 fully saturated rings. The summed E-state index contributed by atoms with van der Waals surface area (Å²) in [4.78, 5) is 14.1. The lowest BCUT2D eigenvalue weighted by atomic mass is 10.2. The summed E-state index contributed by atoms with van der Waals surface area (Å²) in [7, 11) is 0. The van der Waals surface area contributed by atoms with Gasteiger partial charge in [0, 0.05) is 24.4 Å². The summed E-state index contributed by atoms with van der Waals surface area (Å²) in [6.45, 7) is 1.18. The molecule has 4 nitrogen and oxygen atoms in total. The number of carboxylic acid groups (broad SMARTS) is 1. The molecule has 1 aliphatic heterocycles. The van der Waals surface area contributed by atoms with Gasteiger partial charge >= 0.3 is 5.97 Å². The molecule has 1 saturated heterocycles. The highest BCUT2D eigenvalue weighted by Crippen LogP contribution is 2.19. The molecule has 88 valence electrons. The Labute approximate surface area is 98.1 Å². The Morgan fingerprint density at radius 2 is 2.44 bits per heavy atom. The maximum atomic E-state index is 11.0. The molecular formula is C11H15NO3S. The lowest BCUT2D eigenvalue weighted by Crippen LogP contribution is -2.37. The standard InChI is InChI=1S/C11H15NO3S/c13-8-6-10(11(14)15)12(7-8)4-3-9-2-1-5-16-9/h1-2,5,8,10,13H,3-4,6-7H2,(H,14,15). The van der Waals surface area contributed by atoms with Crippen LogP contribution in [0.2, 0.25) is 0 Å². The Kier molecular flexibility index (Phi) is 3.58. The molecule has 0 radical (unpaired) electrons. The number of hydrogen-bond donors (Lipinski definition) is 2. The van der Waals surface area contributed by atoms with Crippen molar-refractivity contribution in [1.82, 2.24) is 4.90 Å². The SMILES string of the molecule is O=C(O)C1CC(O)CN1CCc1cccs1. The first-order chi connectivity index (χ1) is 7.66. The zero-order chi connectivity index (χ0) is 11.5. The third-order valence-corrected chi connectivity index (χ3v) is 3.83. The lowest BCUT2D eigenvalue weighted by molar-refractivity contribution is -0.142. The molecule has 0 aromatic carbocycles. The topological polar surface area (TPSA) is 60.8 Å². The van der Waals surface area contributed by atoms with Gasteiger partial charge in [0.2, 0.25) is 0 Å². The average molecular weight is 241 g/mol. The van der Waals surface area contributed by atoms with Crippen LogP contribution < -0.4 is 0 Å². The number of aliphatic hydroxyl groups excluding tert-OH is 1. The summed E-state index contributed by atoms with van der Waals surface area (Å²) in [6, 6.07) is 3.52. The maximum Gasteiger partial charge on any atom is 0.321 e. The van der Waals surface area contributed by atoms with E-state index < -0.39 is 18.1 Å². The number of hydrogen-bond acceptors (Lipinski definition) is 4. The van der Waals surface area contributed by atoms with Crippen LogP contribution in [-0.4, -0.2) is 46.3 Å². The first kappa shape index (κ1) is 11.6. The van der Waals surface area contributed by atoms with Gasteiger partial charge in [-0.1, -0.05) is 6.07 Å². The van der Waals surface area contributed by atoms with Gasteiger partial charge in [0.15, 0.2) is 0 Å². The van der Waals surface area contributed by atoms with Crippen molar-refractivity contribution in [1.29, 1.82) is 0 Å². The Balaban J connectivity index is 1.90. The van der Waals surface area contributed by atoms with E-state index in [2.05, 4.69) is 0 Å². The fourth-order valence-electron chi connectivity index (χ4n) is 2.09. The van der Waals surface area contributed by atoms with Crippen molar-refractivity contribution in [3.8, 4) is 0 Å². The second kappa shape index (κ2) is 4.95. The molecule has 1 aromatic heterocycles. The van der Waals surface area contributed by atoms with Gasteiger partial charge in [-0.3, -0.25) is 9.69 Å². The van der Waals surface area contributed by atoms with Gasteiger partial charge in [0.1, 0.15) is 6.04 Å². The van der Waals surface area contributed by atoms with Crippen molar-refractivity contribution in [2.24, 2.45) is 0 Å². The monoisotopic (exact) mass is 241 g/mol. The van der Waals surface area contributed by atoms with Crippen LogP contribution in [0, 0.1) is 0 Å². The molecule has 1 aliphatic rings. The van der Waals surface area contributed by atoms with Crippen molar-refractivity contribution >= 4 is 17.3 Å². The fraction of sp³-hybridized carbons (Fsp3) is 0.545. The molecule has 0 saturated carbocycles. The molecule has 2 heterocycles.